The Morgan fingerprint density at radius 3 is 2.67 bits per heavy atom. The number of amides is 4. The third-order valence-corrected chi connectivity index (χ3v) is 6.23. The molecule has 0 radical (unpaired) electrons. The molecule has 2 unspecified atom stereocenters. The second-order valence-electron chi connectivity index (χ2n) is 8.35. The second kappa shape index (κ2) is 8.45. The molecule has 0 aliphatic carbocycles. The van der Waals surface area contributed by atoms with E-state index in [0.29, 0.717) is 24.3 Å². The topological polar surface area (TPSA) is 126 Å². The number of imide groups is 1. The zero-order valence-corrected chi connectivity index (χ0v) is 17.7. The van der Waals surface area contributed by atoms with E-state index in [4.69, 9.17) is 0 Å². The molecule has 1 aromatic carbocycles. The van der Waals surface area contributed by atoms with Gasteiger partial charge in [0.15, 0.2) is 5.65 Å². The lowest BCUT2D eigenvalue weighted by atomic mass is 9.92. The average molecular weight is 446 g/mol. The predicted octanol–water partition coefficient (Wildman–Crippen LogP) is 0.465. The smallest absolute Gasteiger partial charge is 0.268 e. The molecule has 4 heterocycles. The molecule has 10 heteroatoms. The highest BCUT2D eigenvalue weighted by atomic mass is 16.2. The molecular weight excluding hydrogens is 424 g/mol. The first kappa shape index (κ1) is 20.8. The molecule has 2 aliphatic heterocycles. The highest BCUT2D eigenvalue weighted by Crippen LogP contribution is 2.26. The first-order valence-corrected chi connectivity index (χ1v) is 10.8. The lowest BCUT2D eigenvalue weighted by Crippen LogP contribution is -2.50. The van der Waals surface area contributed by atoms with Crippen LogP contribution in [0.3, 0.4) is 0 Å². The van der Waals surface area contributed by atoms with Crippen LogP contribution in [0.2, 0.25) is 0 Å². The maximum Gasteiger partial charge on any atom is 0.268 e. The standard InChI is InChI=1S/C23H22N6O4/c30-20-9-16(22(32)26-20)10-21(31)28-12-15-5-2-1-4-14(15)8-17(28)11-24-23(33)18-6-3-7-19-27-25-13-29(18)19/h1-7,13,16-17H,8-12H2,(H,24,33)(H,26,30,32). The van der Waals surface area contributed by atoms with Gasteiger partial charge in [0.2, 0.25) is 17.7 Å². The van der Waals surface area contributed by atoms with Gasteiger partial charge < -0.3 is 10.2 Å². The molecule has 2 atom stereocenters. The van der Waals surface area contributed by atoms with E-state index in [2.05, 4.69) is 20.8 Å². The number of hydrogen-bond acceptors (Lipinski definition) is 6. The lowest BCUT2D eigenvalue weighted by Gasteiger charge is -2.37. The van der Waals surface area contributed by atoms with Crippen LogP contribution in [0.1, 0.15) is 34.5 Å². The fourth-order valence-electron chi connectivity index (χ4n) is 4.50. The van der Waals surface area contributed by atoms with Crippen molar-refractivity contribution in [3.05, 3.63) is 65.6 Å². The number of carbonyl (C=O) groups excluding carboxylic acids is 4. The van der Waals surface area contributed by atoms with Crippen LogP contribution < -0.4 is 10.6 Å². The van der Waals surface area contributed by atoms with Crippen molar-refractivity contribution in [3.63, 3.8) is 0 Å². The molecule has 1 fully saturated rings. The van der Waals surface area contributed by atoms with Crippen LogP contribution in [-0.4, -0.2) is 55.7 Å². The average Bonchev–Trinajstić information content (AvgIpc) is 3.42. The molecular formula is C23H22N6O4. The van der Waals surface area contributed by atoms with Gasteiger partial charge in [0.05, 0.1) is 12.0 Å². The molecule has 0 saturated carbocycles. The van der Waals surface area contributed by atoms with E-state index in [1.807, 2.05) is 24.3 Å². The molecule has 10 nitrogen and oxygen atoms in total. The van der Waals surface area contributed by atoms with Crippen LogP contribution >= 0.6 is 0 Å². The molecule has 4 amide bonds. The van der Waals surface area contributed by atoms with Crippen LogP contribution in [0.15, 0.2) is 48.8 Å². The first-order chi connectivity index (χ1) is 16.0. The Labute approximate surface area is 189 Å². The molecule has 5 rings (SSSR count). The van der Waals surface area contributed by atoms with Gasteiger partial charge in [0.1, 0.15) is 12.0 Å². The summed E-state index contributed by atoms with van der Waals surface area (Å²) in [5.74, 6) is -1.91. The highest BCUT2D eigenvalue weighted by Gasteiger charge is 2.36. The molecule has 33 heavy (non-hydrogen) atoms. The molecule has 168 valence electrons. The number of fused-ring (bicyclic) bond motifs is 2. The first-order valence-electron chi connectivity index (χ1n) is 10.8. The summed E-state index contributed by atoms with van der Waals surface area (Å²) in [5.41, 5.74) is 3.12. The number of benzene rings is 1. The van der Waals surface area contributed by atoms with Crippen LogP contribution in [0, 0.1) is 5.92 Å². The fraction of sp³-hybridized carbons (Fsp3) is 0.304. The van der Waals surface area contributed by atoms with E-state index in [0.717, 1.165) is 11.1 Å². The zero-order valence-electron chi connectivity index (χ0n) is 17.7. The number of aromatic nitrogens is 3. The van der Waals surface area contributed by atoms with Crippen molar-refractivity contribution in [2.45, 2.75) is 31.8 Å². The van der Waals surface area contributed by atoms with Crippen LogP contribution in [0.5, 0.6) is 0 Å². The Bertz CT molecular complexity index is 1270. The SMILES string of the molecule is O=C1CC(CC(=O)N2Cc3ccccc3CC2CNC(=O)c2cccc3nncn23)C(=O)N1. The summed E-state index contributed by atoms with van der Waals surface area (Å²) in [6.45, 7) is 0.631. The minimum absolute atomic E-state index is 0.0271. The summed E-state index contributed by atoms with van der Waals surface area (Å²) in [7, 11) is 0. The molecule has 2 aliphatic rings. The Kier molecular flexibility index (Phi) is 5.33. The van der Waals surface area contributed by atoms with Gasteiger partial charge in [-0.1, -0.05) is 30.3 Å². The van der Waals surface area contributed by atoms with E-state index in [1.54, 1.807) is 27.5 Å². The van der Waals surface area contributed by atoms with E-state index in [9.17, 15) is 19.2 Å². The minimum atomic E-state index is -0.649. The Morgan fingerprint density at radius 2 is 1.88 bits per heavy atom. The Hall–Kier alpha value is -4.08. The van der Waals surface area contributed by atoms with Crippen molar-refractivity contribution in [1.29, 1.82) is 0 Å². The van der Waals surface area contributed by atoms with Crippen molar-refractivity contribution < 1.29 is 19.2 Å². The normalized spacial score (nSPS) is 19.9. The van der Waals surface area contributed by atoms with Crippen LogP contribution in [-0.2, 0) is 27.3 Å². The van der Waals surface area contributed by atoms with Gasteiger partial charge in [-0.2, -0.15) is 0 Å². The van der Waals surface area contributed by atoms with E-state index >= 15 is 0 Å². The third kappa shape index (κ3) is 4.07. The molecule has 2 N–H and O–H groups in total. The monoisotopic (exact) mass is 446 g/mol. The van der Waals surface area contributed by atoms with Crippen molar-refractivity contribution >= 4 is 29.3 Å². The summed E-state index contributed by atoms with van der Waals surface area (Å²) in [6.07, 6.45) is 2.04. The van der Waals surface area contributed by atoms with Gasteiger partial charge in [-0.15, -0.1) is 10.2 Å². The molecule has 3 aromatic rings. The van der Waals surface area contributed by atoms with Gasteiger partial charge in [-0.3, -0.25) is 28.9 Å². The van der Waals surface area contributed by atoms with Gasteiger partial charge in [0.25, 0.3) is 5.91 Å². The number of carbonyl (C=O) groups is 4. The fourth-order valence-corrected chi connectivity index (χ4v) is 4.50. The quantitative estimate of drug-likeness (QED) is 0.549. The summed E-state index contributed by atoms with van der Waals surface area (Å²) in [5, 5.41) is 13.0. The summed E-state index contributed by atoms with van der Waals surface area (Å²) >= 11 is 0. The molecule has 1 saturated heterocycles. The number of nitrogens with zero attached hydrogens (tertiary/aromatic N) is 4. The molecule has 2 aromatic heterocycles. The predicted molar refractivity (Wildman–Crippen MR) is 116 cm³/mol. The van der Waals surface area contributed by atoms with Crippen molar-refractivity contribution in [2.24, 2.45) is 5.92 Å². The second-order valence-corrected chi connectivity index (χ2v) is 8.35. The third-order valence-electron chi connectivity index (χ3n) is 6.23. The maximum atomic E-state index is 13.2. The van der Waals surface area contributed by atoms with Crippen molar-refractivity contribution in [3.8, 4) is 0 Å². The van der Waals surface area contributed by atoms with Crippen LogP contribution in [0.4, 0.5) is 0 Å². The minimum Gasteiger partial charge on any atom is -0.349 e. The zero-order chi connectivity index (χ0) is 22.9. The number of nitrogens with one attached hydrogen (secondary N) is 2. The summed E-state index contributed by atoms with van der Waals surface area (Å²) < 4.78 is 1.60. The number of pyridine rings is 1. The van der Waals surface area contributed by atoms with Gasteiger partial charge in [-0.05, 0) is 29.7 Å². The van der Waals surface area contributed by atoms with E-state index < -0.39 is 11.8 Å². The molecule has 0 spiro atoms. The summed E-state index contributed by atoms with van der Waals surface area (Å²) in [4.78, 5) is 51.3. The Morgan fingerprint density at radius 1 is 1.06 bits per heavy atom. The van der Waals surface area contributed by atoms with Gasteiger partial charge in [0, 0.05) is 25.9 Å². The van der Waals surface area contributed by atoms with Crippen molar-refractivity contribution in [1.82, 2.24) is 30.1 Å². The molecule has 0 bridgehead atoms. The number of rotatable bonds is 5. The highest BCUT2D eigenvalue weighted by molar-refractivity contribution is 6.04. The van der Waals surface area contributed by atoms with E-state index in [-0.39, 0.29) is 43.1 Å². The van der Waals surface area contributed by atoms with Crippen molar-refractivity contribution in [2.75, 3.05) is 6.54 Å². The number of hydrogen-bond donors (Lipinski definition) is 2. The van der Waals surface area contributed by atoms with E-state index in [1.165, 1.54) is 6.33 Å². The largest absolute Gasteiger partial charge is 0.349 e. The summed E-state index contributed by atoms with van der Waals surface area (Å²) in [6, 6.07) is 12.8. The van der Waals surface area contributed by atoms with Gasteiger partial charge >= 0.3 is 0 Å². The maximum absolute atomic E-state index is 13.2. The lowest BCUT2D eigenvalue weighted by molar-refractivity contribution is -0.138. The van der Waals surface area contributed by atoms with Gasteiger partial charge in [-0.25, -0.2) is 0 Å². The van der Waals surface area contributed by atoms with Crippen LogP contribution in [0.25, 0.3) is 5.65 Å². The Balaban J connectivity index is 1.33.